The average Bonchev–Trinajstić information content (AvgIpc) is 2.92. The number of nitrogens with one attached hydrogen (secondary N) is 1. The fourth-order valence-corrected chi connectivity index (χ4v) is 3.13. The highest BCUT2D eigenvalue weighted by Crippen LogP contribution is 2.30. The van der Waals surface area contributed by atoms with Crippen molar-refractivity contribution in [1.29, 1.82) is 0 Å². The molecule has 0 aliphatic heterocycles. The molecule has 118 valence electrons. The van der Waals surface area contributed by atoms with Crippen LogP contribution in [-0.2, 0) is 6.54 Å². The zero-order chi connectivity index (χ0) is 15.1. The van der Waals surface area contributed by atoms with E-state index in [1.54, 1.807) is 5.57 Å². The van der Waals surface area contributed by atoms with Crippen molar-refractivity contribution in [2.24, 2.45) is 5.92 Å². The second-order valence-corrected chi connectivity index (χ2v) is 6.63. The third-order valence-electron chi connectivity index (χ3n) is 4.30. The molecule has 1 aliphatic carbocycles. The maximum Gasteiger partial charge on any atom is 0.0562 e. The van der Waals surface area contributed by atoms with Crippen LogP contribution in [0.2, 0.25) is 0 Å². The van der Waals surface area contributed by atoms with Crippen LogP contribution in [0.4, 0.5) is 0 Å². The largest absolute Gasteiger partial charge is 0.311 e. The van der Waals surface area contributed by atoms with Gasteiger partial charge in [0.25, 0.3) is 0 Å². The first-order chi connectivity index (χ1) is 10.2. The summed E-state index contributed by atoms with van der Waals surface area (Å²) < 4.78 is 2.06. The van der Waals surface area contributed by atoms with Crippen molar-refractivity contribution in [2.45, 2.75) is 71.9 Å². The molecule has 3 heteroatoms. The molecule has 1 fully saturated rings. The average molecular weight is 289 g/mol. The van der Waals surface area contributed by atoms with Crippen LogP contribution in [0.1, 0.15) is 64.9 Å². The van der Waals surface area contributed by atoms with Crippen LogP contribution in [0.3, 0.4) is 0 Å². The van der Waals surface area contributed by atoms with E-state index in [4.69, 9.17) is 0 Å². The molecule has 0 spiro atoms. The standard InChI is InChI=1S/C18H31N3/c1-4-10-21-14-16(12-20-21)11-18(13-19-15(2)3)17-8-6-5-7-9-17/h11-12,14-15,17,19H,4-10,13H2,1-3H3/b18-11-. The van der Waals surface area contributed by atoms with Crippen molar-refractivity contribution >= 4 is 6.08 Å². The molecule has 0 amide bonds. The molecular weight excluding hydrogens is 258 g/mol. The Hall–Kier alpha value is -1.09. The number of rotatable bonds is 7. The maximum atomic E-state index is 4.45. The van der Waals surface area contributed by atoms with Crippen molar-refractivity contribution in [3.05, 3.63) is 23.5 Å². The Kier molecular flexibility index (Phi) is 6.50. The maximum absolute atomic E-state index is 4.45. The van der Waals surface area contributed by atoms with Gasteiger partial charge in [0.05, 0.1) is 6.20 Å². The van der Waals surface area contributed by atoms with E-state index in [0.29, 0.717) is 6.04 Å². The lowest BCUT2D eigenvalue weighted by Gasteiger charge is -2.25. The predicted molar refractivity (Wildman–Crippen MR) is 90.2 cm³/mol. The smallest absolute Gasteiger partial charge is 0.0562 e. The lowest BCUT2D eigenvalue weighted by Crippen LogP contribution is -2.27. The zero-order valence-corrected chi connectivity index (χ0v) is 13.9. The molecule has 1 aromatic heterocycles. The van der Waals surface area contributed by atoms with Crippen LogP contribution in [0.25, 0.3) is 6.08 Å². The SMILES string of the molecule is CCCn1cc(/C=C(/CNC(C)C)C2CCCCC2)cn1. The molecule has 21 heavy (non-hydrogen) atoms. The highest BCUT2D eigenvalue weighted by atomic mass is 15.3. The highest BCUT2D eigenvalue weighted by Gasteiger charge is 2.18. The number of hydrogen-bond acceptors (Lipinski definition) is 2. The zero-order valence-electron chi connectivity index (χ0n) is 13.9. The van der Waals surface area contributed by atoms with Gasteiger partial charge in [0.2, 0.25) is 0 Å². The van der Waals surface area contributed by atoms with Gasteiger partial charge in [-0.25, -0.2) is 0 Å². The van der Waals surface area contributed by atoms with Crippen molar-refractivity contribution < 1.29 is 0 Å². The van der Waals surface area contributed by atoms with E-state index in [1.165, 1.54) is 37.7 Å². The second kappa shape index (κ2) is 8.38. The Morgan fingerprint density at radius 2 is 2.14 bits per heavy atom. The minimum atomic E-state index is 0.541. The summed E-state index contributed by atoms with van der Waals surface area (Å²) >= 11 is 0. The van der Waals surface area contributed by atoms with E-state index in [0.717, 1.165) is 25.4 Å². The lowest BCUT2D eigenvalue weighted by atomic mass is 9.83. The van der Waals surface area contributed by atoms with E-state index in [9.17, 15) is 0 Å². The molecule has 1 heterocycles. The van der Waals surface area contributed by atoms with Gasteiger partial charge in [-0.1, -0.05) is 51.7 Å². The molecule has 1 N–H and O–H groups in total. The van der Waals surface area contributed by atoms with E-state index >= 15 is 0 Å². The van der Waals surface area contributed by atoms with E-state index in [1.807, 2.05) is 6.20 Å². The van der Waals surface area contributed by atoms with Gasteiger partial charge >= 0.3 is 0 Å². The van der Waals surface area contributed by atoms with Crippen LogP contribution in [0.15, 0.2) is 18.0 Å². The monoisotopic (exact) mass is 289 g/mol. The van der Waals surface area contributed by atoms with Crippen molar-refractivity contribution in [1.82, 2.24) is 15.1 Å². The first kappa shape index (κ1) is 16.3. The summed E-state index contributed by atoms with van der Waals surface area (Å²) in [6, 6.07) is 0.541. The fourth-order valence-electron chi connectivity index (χ4n) is 3.13. The van der Waals surface area contributed by atoms with Gasteiger partial charge in [0.1, 0.15) is 0 Å². The molecule has 0 aromatic carbocycles. The van der Waals surface area contributed by atoms with Gasteiger partial charge in [-0.05, 0) is 25.2 Å². The van der Waals surface area contributed by atoms with E-state index < -0.39 is 0 Å². The molecule has 3 nitrogen and oxygen atoms in total. The van der Waals surface area contributed by atoms with Gasteiger partial charge in [-0.15, -0.1) is 0 Å². The van der Waals surface area contributed by atoms with Gasteiger partial charge in [0.15, 0.2) is 0 Å². The topological polar surface area (TPSA) is 29.9 Å². The number of aryl methyl sites for hydroxylation is 1. The van der Waals surface area contributed by atoms with Gasteiger partial charge in [0, 0.05) is 30.9 Å². The Morgan fingerprint density at radius 1 is 1.38 bits per heavy atom. The summed E-state index contributed by atoms with van der Waals surface area (Å²) in [6.07, 6.45) is 14.6. The van der Waals surface area contributed by atoms with Crippen LogP contribution >= 0.6 is 0 Å². The second-order valence-electron chi connectivity index (χ2n) is 6.63. The van der Waals surface area contributed by atoms with Crippen LogP contribution < -0.4 is 5.32 Å². The minimum absolute atomic E-state index is 0.541. The summed E-state index contributed by atoms with van der Waals surface area (Å²) in [5.41, 5.74) is 2.83. The fraction of sp³-hybridized carbons (Fsp3) is 0.722. The number of aromatic nitrogens is 2. The first-order valence-corrected chi connectivity index (χ1v) is 8.65. The summed E-state index contributed by atoms with van der Waals surface area (Å²) in [4.78, 5) is 0. The van der Waals surface area contributed by atoms with Crippen molar-refractivity contribution in [3.63, 3.8) is 0 Å². The number of nitrogens with zero attached hydrogens (tertiary/aromatic N) is 2. The van der Waals surface area contributed by atoms with Crippen LogP contribution in [-0.4, -0.2) is 22.4 Å². The van der Waals surface area contributed by atoms with Gasteiger partial charge in [-0.2, -0.15) is 5.10 Å². The molecule has 0 atom stereocenters. The molecule has 0 radical (unpaired) electrons. The molecule has 0 unspecified atom stereocenters. The first-order valence-electron chi connectivity index (χ1n) is 8.65. The Bertz CT molecular complexity index is 439. The third kappa shape index (κ3) is 5.31. The van der Waals surface area contributed by atoms with Crippen LogP contribution in [0.5, 0.6) is 0 Å². The van der Waals surface area contributed by atoms with Gasteiger partial charge in [-0.3, -0.25) is 4.68 Å². The summed E-state index contributed by atoms with van der Waals surface area (Å²) in [5, 5.41) is 8.05. The molecule has 1 saturated carbocycles. The number of hydrogen-bond donors (Lipinski definition) is 1. The molecule has 1 aromatic rings. The Morgan fingerprint density at radius 3 is 2.81 bits per heavy atom. The summed E-state index contributed by atoms with van der Waals surface area (Å²) in [7, 11) is 0. The molecule has 1 aliphatic rings. The normalized spacial score (nSPS) is 17.6. The van der Waals surface area contributed by atoms with Crippen molar-refractivity contribution in [3.8, 4) is 0 Å². The van der Waals surface area contributed by atoms with E-state index in [2.05, 4.69) is 48.1 Å². The Labute approximate surface area is 129 Å². The molecule has 0 bridgehead atoms. The third-order valence-corrected chi connectivity index (χ3v) is 4.30. The summed E-state index contributed by atoms with van der Waals surface area (Å²) in [5.74, 6) is 0.763. The van der Waals surface area contributed by atoms with Crippen LogP contribution in [0, 0.1) is 5.92 Å². The van der Waals surface area contributed by atoms with E-state index in [-0.39, 0.29) is 0 Å². The lowest BCUT2D eigenvalue weighted by molar-refractivity contribution is 0.394. The minimum Gasteiger partial charge on any atom is -0.311 e. The summed E-state index contributed by atoms with van der Waals surface area (Å²) in [6.45, 7) is 8.66. The quantitative estimate of drug-likeness (QED) is 0.813. The predicted octanol–water partition coefficient (Wildman–Crippen LogP) is 4.25. The highest BCUT2D eigenvalue weighted by molar-refractivity contribution is 5.52. The Balaban J connectivity index is 2.09. The molecular formula is C18H31N3. The van der Waals surface area contributed by atoms with Crippen molar-refractivity contribution in [2.75, 3.05) is 6.54 Å². The molecule has 0 saturated heterocycles. The van der Waals surface area contributed by atoms with Gasteiger partial charge < -0.3 is 5.32 Å². The molecule has 2 rings (SSSR count).